The van der Waals surface area contributed by atoms with E-state index in [2.05, 4.69) is 6.07 Å². The van der Waals surface area contributed by atoms with Gasteiger partial charge in [0.25, 0.3) is 0 Å². The monoisotopic (exact) mass is 368 g/mol. The predicted molar refractivity (Wildman–Crippen MR) is 103 cm³/mol. The number of benzene rings is 2. The van der Waals surface area contributed by atoms with Crippen molar-refractivity contribution in [3.63, 3.8) is 0 Å². The van der Waals surface area contributed by atoms with Crippen molar-refractivity contribution in [1.82, 2.24) is 4.90 Å². The second-order valence-corrected chi connectivity index (χ2v) is 6.48. The van der Waals surface area contributed by atoms with E-state index in [0.29, 0.717) is 30.3 Å². The third kappa shape index (κ3) is 4.05. The highest BCUT2D eigenvalue weighted by Crippen LogP contribution is 2.31. The van der Waals surface area contributed by atoms with Gasteiger partial charge >= 0.3 is 0 Å². The van der Waals surface area contributed by atoms with Crippen LogP contribution < -0.4 is 14.4 Å². The first-order valence-corrected chi connectivity index (χ1v) is 8.88. The lowest BCUT2D eigenvalue weighted by atomic mass is 10.00. The standard InChI is InChI=1S/C21H24N2O4/c1-15(24)23(18-8-9-19(26-2)20(12-18)27-3)14-21(25)22-11-10-16-6-4-5-7-17(16)13-22/h4-9,12H,10-11,13-14H2,1-3H3. The zero-order valence-corrected chi connectivity index (χ0v) is 15.9. The largest absolute Gasteiger partial charge is 0.493 e. The van der Waals surface area contributed by atoms with Crippen molar-refractivity contribution >= 4 is 17.5 Å². The molecule has 0 radical (unpaired) electrons. The molecular formula is C21H24N2O4. The van der Waals surface area contributed by atoms with E-state index in [1.54, 1.807) is 30.2 Å². The van der Waals surface area contributed by atoms with Crippen LogP contribution in [-0.2, 0) is 22.6 Å². The first-order chi connectivity index (χ1) is 13.0. The summed E-state index contributed by atoms with van der Waals surface area (Å²) in [7, 11) is 3.09. The molecule has 27 heavy (non-hydrogen) atoms. The van der Waals surface area contributed by atoms with Crippen LogP contribution in [0.5, 0.6) is 11.5 Å². The molecule has 0 aliphatic carbocycles. The van der Waals surface area contributed by atoms with E-state index >= 15 is 0 Å². The van der Waals surface area contributed by atoms with Crippen molar-refractivity contribution in [1.29, 1.82) is 0 Å². The topological polar surface area (TPSA) is 59.1 Å². The Hall–Kier alpha value is -3.02. The van der Waals surface area contributed by atoms with E-state index in [1.807, 2.05) is 18.2 Å². The Bertz CT molecular complexity index is 850. The molecule has 1 aliphatic heterocycles. The number of rotatable bonds is 5. The minimum atomic E-state index is -0.201. The molecule has 0 unspecified atom stereocenters. The van der Waals surface area contributed by atoms with E-state index < -0.39 is 0 Å². The summed E-state index contributed by atoms with van der Waals surface area (Å²) < 4.78 is 10.5. The van der Waals surface area contributed by atoms with Gasteiger partial charge in [-0.3, -0.25) is 9.59 Å². The number of ether oxygens (including phenoxy) is 2. The fraction of sp³-hybridized carbons (Fsp3) is 0.333. The number of carbonyl (C=O) groups excluding carboxylic acids is 2. The van der Waals surface area contributed by atoms with Crippen LogP contribution in [0.2, 0.25) is 0 Å². The highest BCUT2D eigenvalue weighted by atomic mass is 16.5. The summed E-state index contributed by atoms with van der Waals surface area (Å²) in [5, 5.41) is 0. The van der Waals surface area contributed by atoms with Gasteiger partial charge in [0.2, 0.25) is 11.8 Å². The van der Waals surface area contributed by atoms with Crippen LogP contribution in [-0.4, -0.2) is 44.0 Å². The van der Waals surface area contributed by atoms with Gasteiger partial charge in [0, 0.05) is 31.8 Å². The molecule has 0 bridgehead atoms. The minimum Gasteiger partial charge on any atom is -0.493 e. The number of methoxy groups -OCH3 is 2. The van der Waals surface area contributed by atoms with Gasteiger partial charge in [-0.1, -0.05) is 24.3 Å². The van der Waals surface area contributed by atoms with Gasteiger partial charge in [0.15, 0.2) is 11.5 Å². The fourth-order valence-electron chi connectivity index (χ4n) is 3.32. The molecule has 6 nitrogen and oxygen atoms in total. The number of hydrogen-bond donors (Lipinski definition) is 0. The molecule has 0 saturated heterocycles. The Morgan fingerprint density at radius 2 is 1.74 bits per heavy atom. The van der Waals surface area contributed by atoms with Gasteiger partial charge in [0.05, 0.1) is 14.2 Å². The molecule has 0 atom stereocenters. The molecule has 0 spiro atoms. The Balaban J connectivity index is 1.77. The van der Waals surface area contributed by atoms with Gasteiger partial charge in [-0.25, -0.2) is 0 Å². The maximum atomic E-state index is 12.8. The molecule has 0 N–H and O–H groups in total. The number of nitrogens with zero attached hydrogens (tertiary/aromatic N) is 2. The average Bonchev–Trinajstić information content (AvgIpc) is 2.70. The van der Waals surface area contributed by atoms with Crippen LogP contribution in [0.1, 0.15) is 18.1 Å². The zero-order valence-electron chi connectivity index (χ0n) is 15.9. The van der Waals surface area contributed by atoms with Crippen LogP contribution in [0.3, 0.4) is 0 Å². The van der Waals surface area contributed by atoms with Crippen LogP contribution in [0.15, 0.2) is 42.5 Å². The lowest BCUT2D eigenvalue weighted by molar-refractivity contribution is -0.132. The third-order valence-corrected chi connectivity index (χ3v) is 4.84. The molecule has 142 valence electrons. The molecule has 1 heterocycles. The molecule has 6 heteroatoms. The fourth-order valence-corrected chi connectivity index (χ4v) is 3.32. The van der Waals surface area contributed by atoms with E-state index in [-0.39, 0.29) is 18.4 Å². The third-order valence-electron chi connectivity index (χ3n) is 4.84. The van der Waals surface area contributed by atoms with Crippen molar-refractivity contribution in [3.05, 3.63) is 53.6 Å². The van der Waals surface area contributed by atoms with Gasteiger partial charge in [-0.15, -0.1) is 0 Å². The highest BCUT2D eigenvalue weighted by Gasteiger charge is 2.24. The Morgan fingerprint density at radius 1 is 1.04 bits per heavy atom. The normalized spacial score (nSPS) is 12.9. The summed E-state index contributed by atoms with van der Waals surface area (Å²) in [6.07, 6.45) is 0.832. The maximum Gasteiger partial charge on any atom is 0.242 e. The number of fused-ring (bicyclic) bond motifs is 1. The van der Waals surface area contributed by atoms with E-state index in [0.717, 1.165) is 12.0 Å². The molecule has 0 aromatic heterocycles. The predicted octanol–water partition coefficient (Wildman–Crippen LogP) is 2.64. The van der Waals surface area contributed by atoms with Crippen LogP contribution in [0.4, 0.5) is 5.69 Å². The lowest BCUT2D eigenvalue weighted by Gasteiger charge is -2.31. The number of amides is 2. The summed E-state index contributed by atoms with van der Waals surface area (Å²) in [5.74, 6) is 0.812. The Morgan fingerprint density at radius 3 is 2.41 bits per heavy atom. The second-order valence-electron chi connectivity index (χ2n) is 6.48. The van der Waals surface area contributed by atoms with Crippen LogP contribution in [0.25, 0.3) is 0 Å². The molecule has 1 aliphatic rings. The first kappa shape index (κ1) is 18.8. The first-order valence-electron chi connectivity index (χ1n) is 8.88. The van der Waals surface area contributed by atoms with Crippen molar-refractivity contribution in [3.8, 4) is 11.5 Å². The maximum absolute atomic E-state index is 12.8. The molecular weight excluding hydrogens is 344 g/mol. The molecule has 0 fully saturated rings. The Labute approximate surface area is 159 Å². The molecule has 0 saturated carbocycles. The SMILES string of the molecule is COc1ccc(N(CC(=O)N2CCc3ccccc3C2)C(C)=O)cc1OC. The minimum absolute atomic E-state index is 0.00696. The molecule has 2 aromatic rings. The van der Waals surface area contributed by atoms with Gasteiger partial charge < -0.3 is 19.3 Å². The number of hydrogen-bond acceptors (Lipinski definition) is 4. The van der Waals surface area contributed by atoms with Gasteiger partial charge in [0.1, 0.15) is 6.54 Å². The van der Waals surface area contributed by atoms with Crippen LogP contribution >= 0.6 is 0 Å². The average molecular weight is 368 g/mol. The quantitative estimate of drug-likeness (QED) is 0.814. The lowest BCUT2D eigenvalue weighted by Crippen LogP contribution is -2.44. The highest BCUT2D eigenvalue weighted by molar-refractivity contribution is 5.97. The van der Waals surface area contributed by atoms with Gasteiger partial charge in [-0.2, -0.15) is 0 Å². The van der Waals surface area contributed by atoms with Crippen molar-refractivity contribution < 1.29 is 19.1 Å². The van der Waals surface area contributed by atoms with Crippen molar-refractivity contribution in [2.75, 3.05) is 32.2 Å². The molecule has 3 rings (SSSR count). The van der Waals surface area contributed by atoms with Crippen molar-refractivity contribution in [2.24, 2.45) is 0 Å². The summed E-state index contributed by atoms with van der Waals surface area (Å²) in [6, 6.07) is 13.3. The van der Waals surface area contributed by atoms with E-state index in [4.69, 9.17) is 9.47 Å². The second kappa shape index (κ2) is 8.12. The summed E-state index contributed by atoms with van der Waals surface area (Å²) in [5.41, 5.74) is 3.05. The van der Waals surface area contributed by atoms with E-state index in [9.17, 15) is 9.59 Å². The number of carbonyl (C=O) groups is 2. The smallest absolute Gasteiger partial charge is 0.242 e. The van der Waals surface area contributed by atoms with Gasteiger partial charge in [-0.05, 0) is 29.7 Å². The number of anilines is 1. The molecule has 2 aromatic carbocycles. The summed E-state index contributed by atoms with van der Waals surface area (Å²) in [4.78, 5) is 28.3. The summed E-state index contributed by atoms with van der Waals surface area (Å²) in [6.45, 7) is 2.68. The molecule has 2 amide bonds. The van der Waals surface area contributed by atoms with E-state index in [1.165, 1.54) is 24.5 Å². The van der Waals surface area contributed by atoms with Crippen LogP contribution in [0, 0.1) is 0 Å². The van der Waals surface area contributed by atoms with Crippen molar-refractivity contribution in [2.45, 2.75) is 19.9 Å². The zero-order chi connectivity index (χ0) is 19.4. The Kier molecular flexibility index (Phi) is 5.64. The summed E-state index contributed by atoms with van der Waals surface area (Å²) >= 11 is 0.